The lowest BCUT2D eigenvalue weighted by atomic mass is 10.3. The number of fused-ring (bicyclic) bond motifs is 1. The van der Waals surface area contributed by atoms with Crippen LogP contribution < -0.4 is 10.1 Å². The minimum Gasteiger partial charge on any atom is -0.497 e. The highest BCUT2D eigenvalue weighted by atomic mass is 16.5. The number of anilines is 2. The third-order valence-electron chi connectivity index (χ3n) is 2.43. The molecule has 0 atom stereocenters. The van der Waals surface area contributed by atoms with E-state index in [4.69, 9.17) is 4.74 Å². The van der Waals surface area contributed by atoms with E-state index in [1.807, 2.05) is 30.3 Å². The van der Waals surface area contributed by atoms with Crippen LogP contribution in [0.3, 0.4) is 0 Å². The van der Waals surface area contributed by atoms with E-state index in [2.05, 4.69) is 25.9 Å². The predicted octanol–water partition coefficient (Wildman–Crippen LogP) is 1.27. The zero-order valence-electron chi connectivity index (χ0n) is 9.61. The van der Waals surface area contributed by atoms with Crippen molar-refractivity contribution in [3.05, 3.63) is 36.4 Å². The Hall–Kier alpha value is -2.70. The number of ether oxygens (including phenoxy) is 1. The van der Waals surface area contributed by atoms with Crippen molar-refractivity contribution in [3.8, 4) is 5.75 Å². The zero-order valence-corrected chi connectivity index (χ0v) is 9.61. The van der Waals surface area contributed by atoms with Crippen molar-refractivity contribution < 1.29 is 4.74 Å². The molecule has 1 aromatic carbocycles. The summed E-state index contributed by atoms with van der Waals surface area (Å²) in [6.45, 7) is 0. The molecule has 0 aliphatic carbocycles. The van der Waals surface area contributed by atoms with E-state index < -0.39 is 0 Å². The lowest BCUT2D eigenvalue weighted by Gasteiger charge is -2.05. The normalized spacial score (nSPS) is 10.5. The van der Waals surface area contributed by atoms with Gasteiger partial charge in [0, 0.05) is 5.69 Å². The quantitative estimate of drug-likeness (QED) is 0.745. The zero-order chi connectivity index (χ0) is 12.4. The fraction of sp³-hybridized carbons (Fsp3) is 0.0909. The molecule has 18 heavy (non-hydrogen) atoms. The van der Waals surface area contributed by atoms with Crippen molar-refractivity contribution in [2.45, 2.75) is 0 Å². The number of hydrogen-bond donors (Lipinski definition) is 1. The van der Waals surface area contributed by atoms with Crippen molar-refractivity contribution in [1.29, 1.82) is 0 Å². The molecule has 90 valence electrons. The van der Waals surface area contributed by atoms with E-state index in [0.717, 1.165) is 11.4 Å². The Kier molecular flexibility index (Phi) is 2.49. The second-order valence-electron chi connectivity index (χ2n) is 3.60. The first-order valence-corrected chi connectivity index (χ1v) is 5.32. The largest absolute Gasteiger partial charge is 0.497 e. The first-order valence-electron chi connectivity index (χ1n) is 5.32. The summed E-state index contributed by atoms with van der Waals surface area (Å²) >= 11 is 0. The molecule has 0 saturated carbocycles. The summed E-state index contributed by atoms with van der Waals surface area (Å²) in [5.41, 5.74) is 1.52. The molecule has 3 aromatic rings. The highest BCUT2D eigenvalue weighted by Crippen LogP contribution is 2.18. The van der Waals surface area contributed by atoms with Crippen LogP contribution in [-0.2, 0) is 0 Å². The van der Waals surface area contributed by atoms with Crippen molar-refractivity contribution in [3.63, 3.8) is 0 Å². The first kappa shape index (κ1) is 10.5. The molecule has 0 fully saturated rings. The van der Waals surface area contributed by atoms with Gasteiger partial charge in [0.05, 0.1) is 7.11 Å². The molecule has 0 radical (unpaired) electrons. The second-order valence-corrected chi connectivity index (χ2v) is 3.60. The molecule has 7 heteroatoms. The molecule has 0 bridgehead atoms. The number of nitrogens with zero attached hydrogens (tertiary/aromatic N) is 5. The summed E-state index contributed by atoms with van der Waals surface area (Å²) < 4.78 is 6.46. The number of aromatic nitrogens is 5. The Morgan fingerprint density at radius 3 is 2.72 bits per heavy atom. The smallest absolute Gasteiger partial charge is 0.200 e. The second kappa shape index (κ2) is 4.28. The van der Waals surface area contributed by atoms with Gasteiger partial charge in [-0.1, -0.05) is 0 Å². The lowest BCUT2D eigenvalue weighted by Crippen LogP contribution is -2.00. The van der Waals surface area contributed by atoms with E-state index in [1.165, 1.54) is 4.63 Å². The van der Waals surface area contributed by atoms with E-state index >= 15 is 0 Å². The van der Waals surface area contributed by atoms with Crippen molar-refractivity contribution in [2.75, 3.05) is 12.4 Å². The fourth-order valence-electron chi connectivity index (χ4n) is 1.54. The van der Waals surface area contributed by atoms with Crippen LogP contribution >= 0.6 is 0 Å². The molecular formula is C11H10N6O. The maximum atomic E-state index is 5.09. The number of benzene rings is 1. The van der Waals surface area contributed by atoms with Gasteiger partial charge in [0.15, 0.2) is 11.5 Å². The van der Waals surface area contributed by atoms with Gasteiger partial charge in [-0.2, -0.15) is 0 Å². The van der Waals surface area contributed by atoms with Crippen molar-refractivity contribution in [2.24, 2.45) is 0 Å². The Morgan fingerprint density at radius 2 is 1.94 bits per heavy atom. The molecule has 2 aromatic heterocycles. The van der Waals surface area contributed by atoms with Gasteiger partial charge in [-0.15, -0.1) is 14.8 Å². The SMILES string of the molecule is COc1ccc(Nc2ccc3nnnn3n2)cc1. The van der Waals surface area contributed by atoms with Crippen molar-refractivity contribution >= 4 is 17.2 Å². The Balaban J connectivity index is 1.85. The number of rotatable bonds is 3. The van der Waals surface area contributed by atoms with E-state index in [9.17, 15) is 0 Å². The average Bonchev–Trinajstić information content (AvgIpc) is 2.87. The summed E-state index contributed by atoms with van der Waals surface area (Å²) in [7, 11) is 1.63. The number of nitrogens with one attached hydrogen (secondary N) is 1. The van der Waals surface area contributed by atoms with Gasteiger partial charge in [-0.05, 0) is 46.8 Å². The third-order valence-corrected chi connectivity index (χ3v) is 2.43. The highest BCUT2D eigenvalue weighted by Gasteiger charge is 2.01. The van der Waals surface area contributed by atoms with Crippen LogP contribution in [0, 0.1) is 0 Å². The van der Waals surface area contributed by atoms with Crippen LogP contribution in [0.2, 0.25) is 0 Å². The molecule has 0 amide bonds. The number of tetrazole rings is 1. The van der Waals surface area contributed by atoms with Crippen LogP contribution in [0.1, 0.15) is 0 Å². The molecule has 0 aliphatic rings. The van der Waals surface area contributed by atoms with Crippen LogP contribution in [0.25, 0.3) is 5.65 Å². The molecule has 0 spiro atoms. The Bertz CT molecular complexity index is 663. The summed E-state index contributed by atoms with van der Waals surface area (Å²) in [5.74, 6) is 1.48. The number of hydrogen-bond acceptors (Lipinski definition) is 6. The number of methoxy groups -OCH3 is 1. The maximum absolute atomic E-state index is 5.09. The standard InChI is InChI=1S/C11H10N6O/c1-18-9-4-2-8(3-5-9)12-10-6-7-11-13-15-16-17(11)14-10/h2-7H,1H3,(H,12,14). The van der Waals surface area contributed by atoms with Crippen molar-refractivity contribution in [1.82, 2.24) is 25.3 Å². The molecule has 1 N–H and O–H groups in total. The van der Waals surface area contributed by atoms with Gasteiger partial charge in [0.25, 0.3) is 0 Å². The Morgan fingerprint density at radius 1 is 1.11 bits per heavy atom. The first-order chi connectivity index (χ1) is 8.85. The lowest BCUT2D eigenvalue weighted by molar-refractivity contribution is 0.415. The van der Waals surface area contributed by atoms with Crippen LogP contribution in [0.5, 0.6) is 5.75 Å². The highest BCUT2D eigenvalue weighted by molar-refractivity contribution is 5.57. The molecule has 7 nitrogen and oxygen atoms in total. The Labute approximate surface area is 102 Å². The average molecular weight is 242 g/mol. The minimum atomic E-state index is 0.607. The minimum absolute atomic E-state index is 0.607. The summed E-state index contributed by atoms with van der Waals surface area (Å²) in [5, 5.41) is 18.4. The van der Waals surface area contributed by atoms with Gasteiger partial charge in [0.2, 0.25) is 0 Å². The summed E-state index contributed by atoms with van der Waals surface area (Å²) in [6, 6.07) is 11.2. The summed E-state index contributed by atoms with van der Waals surface area (Å²) in [6.07, 6.45) is 0. The third kappa shape index (κ3) is 1.93. The van der Waals surface area contributed by atoms with Crippen LogP contribution in [0.4, 0.5) is 11.5 Å². The topological polar surface area (TPSA) is 77.2 Å². The monoisotopic (exact) mass is 242 g/mol. The van der Waals surface area contributed by atoms with Gasteiger partial charge in [-0.3, -0.25) is 0 Å². The fourth-order valence-corrected chi connectivity index (χ4v) is 1.54. The molecule has 0 saturated heterocycles. The molecule has 3 rings (SSSR count). The van der Waals surface area contributed by atoms with Crippen LogP contribution in [0.15, 0.2) is 36.4 Å². The van der Waals surface area contributed by atoms with Gasteiger partial charge in [-0.25, -0.2) is 0 Å². The summed E-state index contributed by atoms with van der Waals surface area (Å²) in [4.78, 5) is 0. The molecule has 0 aliphatic heterocycles. The molecular weight excluding hydrogens is 232 g/mol. The molecule has 2 heterocycles. The molecule has 0 unspecified atom stereocenters. The maximum Gasteiger partial charge on any atom is 0.200 e. The predicted molar refractivity (Wildman–Crippen MR) is 64.9 cm³/mol. The van der Waals surface area contributed by atoms with Gasteiger partial charge < -0.3 is 10.1 Å². The van der Waals surface area contributed by atoms with E-state index in [0.29, 0.717) is 11.5 Å². The van der Waals surface area contributed by atoms with Gasteiger partial charge >= 0.3 is 0 Å². The van der Waals surface area contributed by atoms with Gasteiger partial charge in [0.1, 0.15) is 5.75 Å². The van der Waals surface area contributed by atoms with E-state index in [1.54, 1.807) is 13.2 Å². The van der Waals surface area contributed by atoms with E-state index in [-0.39, 0.29) is 0 Å². The van der Waals surface area contributed by atoms with Crippen LogP contribution in [-0.4, -0.2) is 32.4 Å².